The molecule has 2 rings (SSSR count). The summed E-state index contributed by atoms with van der Waals surface area (Å²) in [7, 11) is -3.70. The Kier molecular flexibility index (Phi) is 7.93. The van der Waals surface area contributed by atoms with Gasteiger partial charge in [0.05, 0.1) is 18.0 Å². The SMILES string of the molecule is CC[C@H](C(=O)N[C@@H](C)COc1ccc(C)cc1)N(c1cccc(Cl)c1)S(C)(=O)=O. The van der Waals surface area contributed by atoms with Crippen LogP contribution in [0, 0.1) is 6.92 Å². The van der Waals surface area contributed by atoms with Gasteiger partial charge >= 0.3 is 0 Å². The number of carbonyl (C=O) groups excluding carboxylic acids is 1. The maximum atomic E-state index is 12.9. The molecular weight excluding hydrogens is 412 g/mol. The van der Waals surface area contributed by atoms with Gasteiger partial charge in [-0.05, 0) is 50.6 Å². The molecule has 0 radical (unpaired) electrons. The Bertz CT molecular complexity index is 932. The number of anilines is 1. The van der Waals surface area contributed by atoms with Gasteiger partial charge in [-0.3, -0.25) is 9.10 Å². The highest BCUT2D eigenvalue weighted by Crippen LogP contribution is 2.25. The molecule has 8 heteroatoms. The van der Waals surface area contributed by atoms with E-state index in [9.17, 15) is 13.2 Å². The Morgan fingerprint density at radius 1 is 1.21 bits per heavy atom. The van der Waals surface area contributed by atoms with Crippen LogP contribution in [0.4, 0.5) is 5.69 Å². The number of ether oxygens (including phenoxy) is 1. The van der Waals surface area contributed by atoms with E-state index >= 15 is 0 Å². The molecule has 0 saturated carbocycles. The number of halogens is 1. The van der Waals surface area contributed by atoms with Gasteiger partial charge < -0.3 is 10.1 Å². The Morgan fingerprint density at radius 3 is 2.41 bits per heavy atom. The minimum absolute atomic E-state index is 0.265. The minimum atomic E-state index is -3.70. The Hall–Kier alpha value is -2.25. The van der Waals surface area contributed by atoms with Crippen LogP contribution in [-0.2, 0) is 14.8 Å². The summed E-state index contributed by atoms with van der Waals surface area (Å²) in [6.07, 6.45) is 1.38. The molecule has 0 aliphatic carbocycles. The van der Waals surface area contributed by atoms with Crippen molar-refractivity contribution in [3.8, 4) is 5.75 Å². The summed E-state index contributed by atoms with van der Waals surface area (Å²) in [5.74, 6) is 0.318. The summed E-state index contributed by atoms with van der Waals surface area (Å²) in [6.45, 7) is 5.83. The summed E-state index contributed by atoms with van der Waals surface area (Å²) >= 11 is 6.02. The lowest BCUT2D eigenvalue weighted by atomic mass is 10.1. The predicted octanol–water partition coefficient (Wildman–Crippen LogP) is 3.78. The maximum Gasteiger partial charge on any atom is 0.244 e. The number of rotatable bonds is 9. The van der Waals surface area contributed by atoms with Crippen LogP contribution < -0.4 is 14.4 Å². The second kappa shape index (κ2) is 9.98. The van der Waals surface area contributed by atoms with Crippen molar-refractivity contribution in [1.29, 1.82) is 0 Å². The van der Waals surface area contributed by atoms with E-state index in [1.165, 1.54) is 6.07 Å². The smallest absolute Gasteiger partial charge is 0.244 e. The van der Waals surface area contributed by atoms with E-state index in [1.807, 2.05) is 38.1 Å². The molecule has 2 atom stereocenters. The van der Waals surface area contributed by atoms with Crippen LogP contribution in [0.1, 0.15) is 25.8 Å². The molecule has 0 heterocycles. The zero-order valence-corrected chi connectivity index (χ0v) is 18.6. The summed E-state index contributed by atoms with van der Waals surface area (Å²) < 4.78 is 31.7. The van der Waals surface area contributed by atoms with E-state index in [0.717, 1.165) is 16.1 Å². The van der Waals surface area contributed by atoms with Gasteiger partial charge in [0.1, 0.15) is 18.4 Å². The lowest BCUT2D eigenvalue weighted by Crippen LogP contribution is -2.52. The molecule has 2 aromatic rings. The summed E-state index contributed by atoms with van der Waals surface area (Å²) in [4.78, 5) is 12.9. The van der Waals surface area contributed by atoms with Gasteiger partial charge in [-0.2, -0.15) is 0 Å². The Balaban J connectivity index is 2.11. The molecular formula is C21H27ClN2O4S. The third kappa shape index (κ3) is 6.65. The lowest BCUT2D eigenvalue weighted by molar-refractivity contribution is -0.123. The third-order valence-electron chi connectivity index (χ3n) is 4.30. The standard InChI is InChI=1S/C21H27ClN2O4S/c1-5-20(24(29(4,26)27)18-8-6-7-17(22)13-18)21(25)23-16(3)14-28-19-11-9-15(2)10-12-19/h6-13,16,20H,5,14H2,1-4H3,(H,23,25)/t16-,20+/m0/s1. The molecule has 158 valence electrons. The molecule has 0 aliphatic heterocycles. The largest absolute Gasteiger partial charge is 0.491 e. The minimum Gasteiger partial charge on any atom is -0.491 e. The van der Waals surface area contributed by atoms with E-state index in [1.54, 1.807) is 25.1 Å². The molecule has 0 fully saturated rings. The zero-order valence-electron chi connectivity index (χ0n) is 17.1. The highest BCUT2D eigenvalue weighted by atomic mass is 35.5. The number of sulfonamides is 1. The van der Waals surface area contributed by atoms with Crippen molar-refractivity contribution in [3.63, 3.8) is 0 Å². The highest BCUT2D eigenvalue weighted by molar-refractivity contribution is 7.92. The van der Waals surface area contributed by atoms with Gasteiger partial charge in [-0.15, -0.1) is 0 Å². The molecule has 0 aromatic heterocycles. The molecule has 0 bridgehead atoms. The Labute approximate surface area is 177 Å². The number of hydrogen-bond acceptors (Lipinski definition) is 4. The van der Waals surface area contributed by atoms with E-state index < -0.39 is 22.0 Å². The maximum absolute atomic E-state index is 12.9. The molecule has 0 saturated heterocycles. The first kappa shape index (κ1) is 23.0. The van der Waals surface area contributed by atoms with Crippen LogP contribution in [0.15, 0.2) is 48.5 Å². The number of hydrogen-bond donors (Lipinski definition) is 1. The number of nitrogens with one attached hydrogen (secondary N) is 1. The van der Waals surface area contributed by atoms with Gasteiger partial charge in [-0.25, -0.2) is 8.42 Å². The average molecular weight is 439 g/mol. The second-order valence-electron chi connectivity index (χ2n) is 7.00. The monoisotopic (exact) mass is 438 g/mol. The number of benzene rings is 2. The normalized spacial score (nSPS) is 13.4. The van der Waals surface area contributed by atoms with Gasteiger partial charge in [0.2, 0.25) is 15.9 Å². The van der Waals surface area contributed by atoms with Crippen molar-refractivity contribution in [3.05, 3.63) is 59.1 Å². The fraction of sp³-hybridized carbons (Fsp3) is 0.381. The molecule has 1 N–H and O–H groups in total. The fourth-order valence-corrected chi connectivity index (χ4v) is 4.30. The van der Waals surface area contributed by atoms with Crippen molar-refractivity contribution < 1.29 is 17.9 Å². The van der Waals surface area contributed by atoms with Crippen LogP contribution in [0.2, 0.25) is 5.02 Å². The Morgan fingerprint density at radius 2 is 1.86 bits per heavy atom. The third-order valence-corrected chi connectivity index (χ3v) is 5.72. The van der Waals surface area contributed by atoms with Gasteiger partial charge in [-0.1, -0.05) is 42.3 Å². The predicted molar refractivity (Wildman–Crippen MR) is 117 cm³/mol. The van der Waals surface area contributed by atoms with Crippen molar-refractivity contribution in [2.45, 2.75) is 39.3 Å². The molecule has 1 amide bonds. The lowest BCUT2D eigenvalue weighted by Gasteiger charge is -2.31. The summed E-state index contributed by atoms with van der Waals surface area (Å²) in [5.41, 5.74) is 1.48. The molecule has 0 spiro atoms. The quantitative estimate of drug-likeness (QED) is 0.646. The first-order chi connectivity index (χ1) is 13.6. The number of carbonyl (C=O) groups is 1. The summed E-state index contributed by atoms with van der Waals surface area (Å²) in [6, 6.07) is 12.9. The van der Waals surface area contributed by atoms with Crippen LogP contribution in [-0.4, -0.2) is 39.3 Å². The van der Waals surface area contributed by atoms with E-state index in [2.05, 4.69) is 5.32 Å². The molecule has 2 aromatic carbocycles. The van der Waals surface area contributed by atoms with E-state index in [0.29, 0.717) is 22.9 Å². The number of nitrogens with zero attached hydrogens (tertiary/aromatic N) is 1. The summed E-state index contributed by atoms with van der Waals surface area (Å²) in [5, 5.41) is 3.24. The van der Waals surface area contributed by atoms with Crippen LogP contribution in [0.3, 0.4) is 0 Å². The van der Waals surface area contributed by atoms with E-state index in [4.69, 9.17) is 16.3 Å². The first-order valence-corrected chi connectivity index (χ1v) is 11.6. The van der Waals surface area contributed by atoms with Crippen LogP contribution in [0.25, 0.3) is 0 Å². The van der Waals surface area contributed by atoms with Crippen molar-refractivity contribution >= 4 is 33.2 Å². The van der Waals surface area contributed by atoms with Crippen LogP contribution in [0.5, 0.6) is 5.75 Å². The van der Waals surface area contributed by atoms with Gasteiger partial charge in [0.15, 0.2) is 0 Å². The number of aryl methyl sites for hydroxylation is 1. The highest BCUT2D eigenvalue weighted by Gasteiger charge is 2.32. The number of amides is 1. The fourth-order valence-electron chi connectivity index (χ4n) is 2.91. The van der Waals surface area contributed by atoms with Crippen molar-refractivity contribution in [2.75, 3.05) is 17.2 Å². The van der Waals surface area contributed by atoms with Gasteiger partial charge in [0, 0.05) is 5.02 Å². The first-order valence-electron chi connectivity index (χ1n) is 9.36. The van der Waals surface area contributed by atoms with Crippen LogP contribution >= 0.6 is 11.6 Å². The zero-order chi connectivity index (χ0) is 21.6. The van der Waals surface area contributed by atoms with Crippen molar-refractivity contribution in [1.82, 2.24) is 5.32 Å². The molecule has 29 heavy (non-hydrogen) atoms. The average Bonchev–Trinajstić information content (AvgIpc) is 2.64. The molecule has 0 unspecified atom stereocenters. The molecule has 6 nitrogen and oxygen atoms in total. The molecule has 0 aliphatic rings. The van der Waals surface area contributed by atoms with Gasteiger partial charge in [0.25, 0.3) is 0 Å². The topological polar surface area (TPSA) is 75.7 Å². The van der Waals surface area contributed by atoms with Crippen molar-refractivity contribution in [2.24, 2.45) is 0 Å². The second-order valence-corrected chi connectivity index (χ2v) is 9.29. The van der Waals surface area contributed by atoms with E-state index in [-0.39, 0.29) is 12.6 Å².